The molecule has 13 heavy (non-hydrogen) atoms. The average molecular weight is 182 g/mol. The Labute approximate surface area is 78.2 Å². The summed E-state index contributed by atoms with van der Waals surface area (Å²) in [7, 11) is 0. The standard InChI is InChI=1S/C11H15FO/c1-3-5-8(2)9-6-4-7-10(12)11(9)13/h4,6-8,13H,3,5H2,1-2H3. The van der Waals surface area contributed by atoms with E-state index in [9.17, 15) is 9.50 Å². The zero-order valence-corrected chi connectivity index (χ0v) is 8.05. The van der Waals surface area contributed by atoms with E-state index < -0.39 is 5.82 Å². The Bertz CT molecular complexity index is 283. The van der Waals surface area contributed by atoms with E-state index in [4.69, 9.17) is 0 Å². The topological polar surface area (TPSA) is 20.2 Å². The Hall–Kier alpha value is -1.05. The molecule has 1 nitrogen and oxygen atoms in total. The highest BCUT2D eigenvalue weighted by molar-refractivity contribution is 5.35. The first-order valence-electron chi connectivity index (χ1n) is 4.64. The van der Waals surface area contributed by atoms with Gasteiger partial charge in [0.2, 0.25) is 0 Å². The van der Waals surface area contributed by atoms with E-state index in [1.54, 1.807) is 12.1 Å². The fourth-order valence-corrected chi connectivity index (χ4v) is 1.52. The molecule has 1 atom stereocenters. The molecular weight excluding hydrogens is 167 g/mol. The van der Waals surface area contributed by atoms with Crippen molar-refractivity contribution >= 4 is 0 Å². The van der Waals surface area contributed by atoms with Gasteiger partial charge in [-0.1, -0.05) is 32.4 Å². The van der Waals surface area contributed by atoms with Crippen LogP contribution in [0.3, 0.4) is 0 Å². The van der Waals surface area contributed by atoms with Crippen LogP contribution in [0.4, 0.5) is 4.39 Å². The third-order valence-corrected chi connectivity index (χ3v) is 2.27. The zero-order valence-electron chi connectivity index (χ0n) is 8.05. The molecule has 0 radical (unpaired) electrons. The highest BCUT2D eigenvalue weighted by atomic mass is 19.1. The van der Waals surface area contributed by atoms with Gasteiger partial charge in [-0.3, -0.25) is 0 Å². The van der Waals surface area contributed by atoms with Gasteiger partial charge in [0.15, 0.2) is 11.6 Å². The minimum absolute atomic E-state index is 0.191. The van der Waals surface area contributed by atoms with Gasteiger partial charge in [-0.2, -0.15) is 0 Å². The van der Waals surface area contributed by atoms with Crippen LogP contribution in [-0.2, 0) is 0 Å². The fraction of sp³-hybridized carbons (Fsp3) is 0.455. The van der Waals surface area contributed by atoms with Gasteiger partial charge in [-0.15, -0.1) is 0 Å². The molecule has 0 aliphatic heterocycles. The summed E-state index contributed by atoms with van der Waals surface area (Å²) >= 11 is 0. The van der Waals surface area contributed by atoms with E-state index in [2.05, 4.69) is 6.92 Å². The molecule has 2 heteroatoms. The van der Waals surface area contributed by atoms with Crippen LogP contribution in [0.2, 0.25) is 0 Å². The first kappa shape index (κ1) is 10.0. The number of hydrogen-bond acceptors (Lipinski definition) is 1. The van der Waals surface area contributed by atoms with Crippen molar-refractivity contribution in [3.8, 4) is 5.75 Å². The Balaban J connectivity index is 2.93. The molecule has 0 aliphatic rings. The molecule has 0 saturated carbocycles. The van der Waals surface area contributed by atoms with Crippen LogP contribution in [0.25, 0.3) is 0 Å². The SMILES string of the molecule is CCCC(C)c1cccc(F)c1O. The van der Waals surface area contributed by atoms with E-state index >= 15 is 0 Å². The summed E-state index contributed by atoms with van der Waals surface area (Å²) in [5.41, 5.74) is 0.710. The largest absolute Gasteiger partial charge is 0.505 e. The summed E-state index contributed by atoms with van der Waals surface area (Å²) in [6, 6.07) is 4.69. The third-order valence-electron chi connectivity index (χ3n) is 2.27. The van der Waals surface area contributed by atoms with E-state index in [-0.39, 0.29) is 11.7 Å². The molecule has 1 N–H and O–H groups in total. The van der Waals surface area contributed by atoms with Crippen LogP contribution in [0.1, 0.15) is 38.2 Å². The molecule has 1 unspecified atom stereocenters. The second-order valence-corrected chi connectivity index (χ2v) is 3.37. The molecule has 0 spiro atoms. The second kappa shape index (κ2) is 4.26. The fourth-order valence-electron chi connectivity index (χ4n) is 1.52. The van der Waals surface area contributed by atoms with Gasteiger partial charge in [-0.05, 0) is 24.0 Å². The predicted octanol–water partition coefficient (Wildman–Crippen LogP) is 3.43. The number of aromatic hydroxyl groups is 1. The number of phenolic OH excluding ortho intramolecular Hbond substituents is 1. The zero-order chi connectivity index (χ0) is 9.84. The summed E-state index contributed by atoms with van der Waals surface area (Å²) in [5.74, 6) is -0.496. The predicted molar refractivity (Wildman–Crippen MR) is 51.4 cm³/mol. The van der Waals surface area contributed by atoms with Gasteiger partial charge in [0.25, 0.3) is 0 Å². The van der Waals surface area contributed by atoms with Crippen molar-refractivity contribution in [3.05, 3.63) is 29.6 Å². The molecule has 0 heterocycles. The summed E-state index contributed by atoms with van der Waals surface area (Å²) in [6.45, 7) is 4.07. The number of hydrogen-bond donors (Lipinski definition) is 1. The summed E-state index contributed by atoms with van der Waals surface area (Å²) in [6.07, 6.45) is 2.01. The number of phenols is 1. The average Bonchev–Trinajstić information content (AvgIpc) is 2.10. The second-order valence-electron chi connectivity index (χ2n) is 3.37. The minimum atomic E-state index is -0.527. The van der Waals surface area contributed by atoms with Crippen molar-refractivity contribution in [3.63, 3.8) is 0 Å². The van der Waals surface area contributed by atoms with Crippen molar-refractivity contribution in [1.82, 2.24) is 0 Å². The molecule has 0 saturated heterocycles. The van der Waals surface area contributed by atoms with Crippen molar-refractivity contribution in [1.29, 1.82) is 0 Å². The molecular formula is C11H15FO. The summed E-state index contributed by atoms with van der Waals surface area (Å²) in [5, 5.41) is 9.42. The smallest absolute Gasteiger partial charge is 0.165 e. The Kier molecular flexibility index (Phi) is 3.29. The van der Waals surface area contributed by atoms with Crippen LogP contribution in [0, 0.1) is 5.82 Å². The van der Waals surface area contributed by atoms with Gasteiger partial charge in [0, 0.05) is 0 Å². The monoisotopic (exact) mass is 182 g/mol. The summed E-state index contributed by atoms with van der Waals surface area (Å²) < 4.78 is 12.9. The highest BCUT2D eigenvalue weighted by Gasteiger charge is 2.11. The van der Waals surface area contributed by atoms with Gasteiger partial charge in [0.1, 0.15) is 0 Å². The van der Waals surface area contributed by atoms with Crippen LogP contribution < -0.4 is 0 Å². The quantitative estimate of drug-likeness (QED) is 0.759. The Morgan fingerprint density at radius 1 is 1.46 bits per heavy atom. The number of benzene rings is 1. The van der Waals surface area contributed by atoms with E-state index in [0.29, 0.717) is 5.56 Å². The Morgan fingerprint density at radius 3 is 2.77 bits per heavy atom. The van der Waals surface area contributed by atoms with Crippen LogP contribution in [0.5, 0.6) is 5.75 Å². The van der Waals surface area contributed by atoms with Gasteiger partial charge >= 0.3 is 0 Å². The molecule has 0 amide bonds. The van der Waals surface area contributed by atoms with Crippen molar-refractivity contribution in [2.45, 2.75) is 32.6 Å². The maximum atomic E-state index is 12.9. The molecule has 0 fully saturated rings. The molecule has 0 bridgehead atoms. The molecule has 1 rings (SSSR count). The number of rotatable bonds is 3. The molecule has 1 aromatic carbocycles. The lowest BCUT2D eigenvalue weighted by atomic mass is 9.96. The van der Waals surface area contributed by atoms with Crippen molar-refractivity contribution in [2.24, 2.45) is 0 Å². The lowest BCUT2D eigenvalue weighted by Crippen LogP contribution is -1.94. The molecule has 72 valence electrons. The van der Waals surface area contributed by atoms with Gasteiger partial charge < -0.3 is 5.11 Å². The third kappa shape index (κ3) is 2.20. The number of para-hydroxylation sites is 1. The van der Waals surface area contributed by atoms with Gasteiger partial charge in [0.05, 0.1) is 0 Å². The first-order valence-corrected chi connectivity index (χ1v) is 4.64. The summed E-state index contributed by atoms with van der Waals surface area (Å²) in [4.78, 5) is 0. The molecule has 0 aromatic heterocycles. The first-order chi connectivity index (χ1) is 6.16. The van der Waals surface area contributed by atoms with Crippen LogP contribution in [-0.4, -0.2) is 5.11 Å². The lowest BCUT2D eigenvalue weighted by molar-refractivity contribution is 0.420. The normalized spacial score (nSPS) is 12.8. The highest BCUT2D eigenvalue weighted by Crippen LogP contribution is 2.30. The Morgan fingerprint density at radius 2 is 2.15 bits per heavy atom. The maximum Gasteiger partial charge on any atom is 0.165 e. The van der Waals surface area contributed by atoms with E-state index in [0.717, 1.165) is 12.8 Å². The molecule has 1 aromatic rings. The lowest BCUT2D eigenvalue weighted by Gasteiger charge is -2.12. The minimum Gasteiger partial charge on any atom is -0.505 e. The van der Waals surface area contributed by atoms with Crippen LogP contribution >= 0.6 is 0 Å². The van der Waals surface area contributed by atoms with Crippen molar-refractivity contribution < 1.29 is 9.50 Å². The van der Waals surface area contributed by atoms with E-state index in [1.807, 2.05) is 6.92 Å². The maximum absolute atomic E-state index is 12.9. The van der Waals surface area contributed by atoms with Gasteiger partial charge in [-0.25, -0.2) is 4.39 Å². The van der Waals surface area contributed by atoms with Crippen molar-refractivity contribution in [2.75, 3.05) is 0 Å². The molecule has 0 aliphatic carbocycles. The van der Waals surface area contributed by atoms with E-state index in [1.165, 1.54) is 6.07 Å². The van der Waals surface area contributed by atoms with Crippen LogP contribution in [0.15, 0.2) is 18.2 Å². The number of halogens is 1.